The molecule has 0 N–H and O–H groups in total. The number of nitrogens with zero attached hydrogens (tertiary/aromatic N) is 1. The molecule has 0 saturated carbocycles. The molecule has 0 unspecified atom stereocenters. The van der Waals surface area contributed by atoms with Gasteiger partial charge in [0.15, 0.2) is 0 Å². The van der Waals surface area contributed by atoms with E-state index in [0.717, 1.165) is 25.5 Å². The summed E-state index contributed by atoms with van der Waals surface area (Å²) in [6.07, 6.45) is -0.324. The molecule has 0 aromatic heterocycles. The molecule has 0 aliphatic heterocycles. The SMILES string of the molecule is Cc1cc(C)c(N(CC(=O)OC(C)C)S(=O)(=O)c2ccc(Br)cc2)c(C)c1. The van der Waals surface area contributed by atoms with Crippen molar-refractivity contribution in [2.45, 2.75) is 45.6 Å². The van der Waals surface area contributed by atoms with E-state index in [1.807, 2.05) is 32.9 Å². The van der Waals surface area contributed by atoms with E-state index >= 15 is 0 Å². The number of benzene rings is 2. The van der Waals surface area contributed by atoms with Crippen LogP contribution in [0.4, 0.5) is 5.69 Å². The van der Waals surface area contributed by atoms with Gasteiger partial charge in [-0.3, -0.25) is 9.10 Å². The molecular formula is C20H24BrNO4S. The third-order valence-corrected chi connectivity index (χ3v) is 6.21. The molecule has 2 aromatic rings. The molecule has 5 nitrogen and oxygen atoms in total. The highest BCUT2D eigenvalue weighted by Gasteiger charge is 2.30. The van der Waals surface area contributed by atoms with Gasteiger partial charge in [-0.15, -0.1) is 0 Å². The first kappa shape index (κ1) is 21.4. The van der Waals surface area contributed by atoms with Crippen LogP contribution in [0.3, 0.4) is 0 Å². The van der Waals surface area contributed by atoms with Crippen LogP contribution in [0.2, 0.25) is 0 Å². The predicted molar refractivity (Wildman–Crippen MR) is 111 cm³/mol. The number of carbonyl (C=O) groups excluding carboxylic acids is 1. The first-order valence-corrected chi connectivity index (χ1v) is 10.8. The molecule has 7 heteroatoms. The van der Waals surface area contributed by atoms with Crippen molar-refractivity contribution in [2.75, 3.05) is 10.8 Å². The number of esters is 1. The van der Waals surface area contributed by atoms with E-state index in [9.17, 15) is 13.2 Å². The van der Waals surface area contributed by atoms with Gasteiger partial charge in [-0.2, -0.15) is 0 Å². The van der Waals surface area contributed by atoms with E-state index in [2.05, 4.69) is 15.9 Å². The highest BCUT2D eigenvalue weighted by molar-refractivity contribution is 9.10. The fraction of sp³-hybridized carbons (Fsp3) is 0.350. The third kappa shape index (κ3) is 5.11. The number of rotatable bonds is 6. The summed E-state index contributed by atoms with van der Waals surface area (Å²) >= 11 is 3.31. The largest absolute Gasteiger partial charge is 0.462 e. The molecule has 0 bridgehead atoms. The Balaban J connectivity index is 2.60. The maximum absolute atomic E-state index is 13.4. The van der Waals surface area contributed by atoms with Crippen LogP contribution in [0.1, 0.15) is 30.5 Å². The lowest BCUT2D eigenvalue weighted by Gasteiger charge is -2.27. The van der Waals surface area contributed by atoms with Crippen molar-refractivity contribution in [3.63, 3.8) is 0 Å². The van der Waals surface area contributed by atoms with Crippen LogP contribution in [0.5, 0.6) is 0 Å². The molecule has 0 heterocycles. The molecule has 0 saturated heterocycles. The second-order valence-corrected chi connectivity index (χ2v) is 9.53. The monoisotopic (exact) mass is 453 g/mol. The number of hydrogen-bond donors (Lipinski definition) is 0. The molecule has 0 atom stereocenters. The minimum absolute atomic E-state index is 0.113. The lowest BCUT2D eigenvalue weighted by atomic mass is 10.1. The summed E-state index contributed by atoms with van der Waals surface area (Å²) in [5.74, 6) is -0.593. The number of halogens is 1. The highest BCUT2D eigenvalue weighted by Crippen LogP contribution is 2.31. The van der Waals surface area contributed by atoms with Crippen molar-refractivity contribution in [1.29, 1.82) is 0 Å². The Morgan fingerprint density at radius 2 is 1.59 bits per heavy atom. The lowest BCUT2D eigenvalue weighted by Crippen LogP contribution is -2.38. The summed E-state index contributed by atoms with van der Waals surface area (Å²) < 4.78 is 33.8. The Hall–Kier alpha value is -1.86. The van der Waals surface area contributed by atoms with Crippen LogP contribution in [-0.2, 0) is 19.6 Å². The number of hydrogen-bond acceptors (Lipinski definition) is 4. The van der Waals surface area contributed by atoms with E-state index in [1.54, 1.807) is 26.0 Å². The number of carbonyl (C=O) groups is 1. The quantitative estimate of drug-likeness (QED) is 0.602. The van der Waals surface area contributed by atoms with Gasteiger partial charge in [-0.05, 0) is 70.0 Å². The third-order valence-electron chi connectivity index (χ3n) is 3.93. The van der Waals surface area contributed by atoms with Gasteiger partial charge in [0.25, 0.3) is 10.0 Å². The average molecular weight is 454 g/mol. The van der Waals surface area contributed by atoms with Crippen LogP contribution < -0.4 is 4.31 Å². The molecule has 146 valence electrons. The van der Waals surface area contributed by atoms with Crippen LogP contribution in [0, 0.1) is 20.8 Å². The van der Waals surface area contributed by atoms with E-state index in [-0.39, 0.29) is 17.5 Å². The van der Waals surface area contributed by atoms with Crippen LogP contribution >= 0.6 is 15.9 Å². The molecule has 2 rings (SSSR count). The predicted octanol–water partition coefficient (Wildman–Crippen LogP) is 4.52. The standard InChI is InChI=1S/C20H24BrNO4S/c1-13(2)26-19(23)12-22(20-15(4)10-14(3)11-16(20)5)27(24,25)18-8-6-17(21)7-9-18/h6-11,13H,12H2,1-5H3. The van der Waals surface area contributed by atoms with Crippen LogP contribution in [0.25, 0.3) is 0 Å². The van der Waals surface area contributed by atoms with Gasteiger partial charge in [-0.1, -0.05) is 33.6 Å². The summed E-state index contributed by atoms with van der Waals surface area (Å²) in [7, 11) is -3.95. The van der Waals surface area contributed by atoms with Crippen LogP contribution in [-0.4, -0.2) is 27.0 Å². The number of anilines is 1. The van der Waals surface area contributed by atoms with Crippen molar-refractivity contribution >= 4 is 37.6 Å². The Morgan fingerprint density at radius 3 is 2.07 bits per heavy atom. The summed E-state index contributed by atoms with van der Waals surface area (Å²) in [6.45, 7) is 8.70. The minimum Gasteiger partial charge on any atom is -0.462 e. The summed E-state index contributed by atoms with van der Waals surface area (Å²) in [5.41, 5.74) is 3.10. The smallest absolute Gasteiger partial charge is 0.327 e. The molecule has 0 fully saturated rings. The molecule has 0 aliphatic rings. The summed E-state index contributed by atoms with van der Waals surface area (Å²) in [6, 6.07) is 10.2. The average Bonchev–Trinajstić information content (AvgIpc) is 2.52. The lowest BCUT2D eigenvalue weighted by molar-refractivity contribution is -0.145. The van der Waals surface area contributed by atoms with E-state index in [0.29, 0.717) is 5.69 Å². The van der Waals surface area contributed by atoms with Crippen molar-refractivity contribution in [3.05, 3.63) is 57.6 Å². The number of aryl methyl sites for hydroxylation is 3. The molecular weight excluding hydrogens is 430 g/mol. The van der Waals surface area contributed by atoms with Gasteiger partial charge < -0.3 is 4.74 Å². The second-order valence-electron chi connectivity index (χ2n) is 6.75. The van der Waals surface area contributed by atoms with E-state index in [4.69, 9.17) is 4.74 Å². The van der Waals surface area contributed by atoms with Gasteiger partial charge in [0.1, 0.15) is 6.54 Å². The first-order chi connectivity index (χ1) is 12.5. The summed E-state index contributed by atoms with van der Waals surface area (Å²) in [5, 5.41) is 0. The zero-order chi connectivity index (χ0) is 20.4. The summed E-state index contributed by atoms with van der Waals surface area (Å²) in [4.78, 5) is 12.4. The number of sulfonamides is 1. The van der Waals surface area contributed by atoms with Crippen molar-refractivity contribution in [3.8, 4) is 0 Å². The number of ether oxygens (including phenoxy) is 1. The zero-order valence-electron chi connectivity index (χ0n) is 16.1. The van der Waals surface area contributed by atoms with Gasteiger partial charge >= 0.3 is 5.97 Å². The van der Waals surface area contributed by atoms with E-state index < -0.39 is 16.0 Å². The Kier molecular flexibility index (Phi) is 6.70. The second kappa shape index (κ2) is 8.44. The zero-order valence-corrected chi connectivity index (χ0v) is 18.5. The van der Waals surface area contributed by atoms with Crippen molar-refractivity contribution in [1.82, 2.24) is 0 Å². The van der Waals surface area contributed by atoms with Crippen molar-refractivity contribution in [2.24, 2.45) is 0 Å². The van der Waals surface area contributed by atoms with Gasteiger partial charge in [0.2, 0.25) is 0 Å². The molecule has 0 radical (unpaired) electrons. The molecule has 27 heavy (non-hydrogen) atoms. The van der Waals surface area contributed by atoms with Crippen molar-refractivity contribution < 1.29 is 17.9 Å². The van der Waals surface area contributed by atoms with E-state index in [1.165, 1.54) is 12.1 Å². The normalized spacial score (nSPS) is 11.5. The topological polar surface area (TPSA) is 63.7 Å². The fourth-order valence-corrected chi connectivity index (χ4v) is 4.80. The Bertz CT molecular complexity index is 914. The van der Waals surface area contributed by atoms with Crippen LogP contribution in [0.15, 0.2) is 45.8 Å². The molecule has 0 spiro atoms. The fourth-order valence-electron chi connectivity index (χ4n) is 3.00. The van der Waals surface area contributed by atoms with Gasteiger partial charge in [0.05, 0.1) is 16.7 Å². The first-order valence-electron chi connectivity index (χ1n) is 8.58. The maximum atomic E-state index is 13.4. The molecule has 2 aromatic carbocycles. The molecule has 0 aliphatic carbocycles. The van der Waals surface area contributed by atoms with Gasteiger partial charge in [0, 0.05) is 4.47 Å². The van der Waals surface area contributed by atoms with Gasteiger partial charge in [-0.25, -0.2) is 8.42 Å². The Labute approximate surface area is 169 Å². The maximum Gasteiger partial charge on any atom is 0.327 e. The Morgan fingerprint density at radius 1 is 1.07 bits per heavy atom. The molecule has 0 amide bonds. The minimum atomic E-state index is -3.95. The highest BCUT2D eigenvalue weighted by atomic mass is 79.9.